The summed E-state index contributed by atoms with van der Waals surface area (Å²) in [5.74, 6) is -1.68. The first-order valence-corrected chi connectivity index (χ1v) is 11.4. The lowest BCUT2D eigenvalue weighted by Gasteiger charge is -2.38. The van der Waals surface area contributed by atoms with E-state index in [1.54, 1.807) is 68.4 Å². The summed E-state index contributed by atoms with van der Waals surface area (Å²) >= 11 is 0. The number of carbonyl (C=O) groups excluding carboxylic acids is 2. The summed E-state index contributed by atoms with van der Waals surface area (Å²) < 4.78 is 16.6. The van der Waals surface area contributed by atoms with Crippen molar-refractivity contribution in [1.82, 2.24) is 4.90 Å². The maximum atomic E-state index is 13.2. The fraction of sp³-hybridized carbons (Fsp3) is 0.250. The highest BCUT2D eigenvalue weighted by molar-refractivity contribution is 5.89. The van der Waals surface area contributed by atoms with Crippen molar-refractivity contribution in [3.63, 3.8) is 0 Å². The minimum absolute atomic E-state index is 0.116. The zero-order valence-electron chi connectivity index (χ0n) is 20.0. The highest BCUT2D eigenvalue weighted by Crippen LogP contribution is 2.43. The van der Waals surface area contributed by atoms with E-state index >= 15 is 0 Å². The number of esters is 1. The highest BCUT2D eigenvalue weighted by atomic mass is 16.6. The topological polar surface area (TPSA) is 102 Å². The van der Waals surface area contributed by atoms with Gasteiger partial charge in [0.25, 0.3) is 0 Å². The summed E-state index contributed by atoms with van der Waals surface area (Å²) in [5, 5.41) is 10.2. The van der Waals surface area contributed by atoms with Gasteiger partial charge < -0.3 is 19.3 Å². The molecule has 0 bridgehead atoms. The molecule has 1 aliphatic rings. The van der Waals surface area contributed by atoms with Gasteiger partial charge in [-0.2, -0.15) is 0 Å². The van der Waals surface area contributed by atoms with E-state index in [0.29, 0.717) is 16.7 Å². The van der Waals surface area contributed by atoms with Gasteiger partial charge in [-0.15, -0.1) is 0 Å². The molecule has 0 aromatic heterocycles. The molecule has 8 heteroatoms. The monoisotopic (exact) mass is 489 g/mol. The molecule has 36 heavy (non-hydrogen) atoms. The molecule has 1 amide bonds. The van der Waals surface area contributed by atoms with Crippen LogP contribution >= 0.6 is 0 Å². The Balaban J connectivity index is 1.43. The fourth-order valence-corrected chi connectivity index (χ4v) is 4.21. The normalized spacial score (nSPS) is 18.4. The van der Waals surface area contributed by atoms with Crippen LogP contribution in [0.3, 0.4) is 0 Å². The van der Waals surface area contributed by atoms with Crippen molar-refractivity contribution in [3.8, 4) is 0 Å². The predicted molar refractivity (Wildman–Crippen MR) is 130 cm³/mol. The molecule has 0 spiro atoms. The van der Waals surface area contributed by atoms with E-state index in [4.69, 9.17) is 14.2 Å². The Morgan fingerprint density at radius 2 is 1.39 bits per heavy atom. The summed E-state index contributed by atoms with van der Waals surface area (Å²) in [6.07, 6.45) is -0.824. The van der Waals surface area contributed by atoms with E-state index in [0.717, 1.165) is 10.5 Å². The van der Waals surface area contributed by atoms with Crippen LogP contribution in [0.2, 0.25) is 0 Å². The lowest BCUT2D eigenvalue weighted by Crippen LogP contribution is -2.57. The minimum atomic E-state index is -1.73. The van der Waals surface area contributed by atoms with Crippen molar-refractivity contribution in [2.24, 2.45) is 0 Å². The molecule has 1 fully saturated rings. The number of ether oxygens (including phenoxy) is 3. The Bertz CT molecular complexity index is 1230. The number of benzene rings is 3. The lowest BCUT2D eigenvalue weighted by molar-refractivity contribution is -0.151. The second kappa shape index (κ2) is 10.2. The van der Waals surface area contributed by atoms with Crippen molar-refractivity contribution < 1.29 is 33.7 Å². The maximum absolute atomic E-state index is 13.2. The number of aliphatic carboxylic acids is 1. The molecule has 3 aromatic carbocycles. The van der Waals surface area contributed by atoms with Gasteiger partial charge in [0.1, 0.15) is 18.9 Å². The Hall–Kier alpha value is -4.17. The number of nitrogens with zero attached hydrogens (tertiary/aromatic N) is 1. The summed E-state index contributed by atoms with van der Waals surface area (Å²) in [5.41, 5.74) is -0.647. The van der Waals surface area contributed by atoms with Gasteiger partial charge in [0.2, 0.25) is 0 Å². The molecule has 186 valence electrons. The van der Waals surface area contributed by atoms with Gasteiger partial charge in [-0.25, -0.2) is 14.4 Å². The standard InChI is InChI=1S/C28H27NO7/c1-27(2)29(28(19-36-27,25(31)32)23-11-7-4-8-12-23)26(33)35-18-21-13-15-22(16-14-21)24(30)34-17-20-9-5-3-6-10-20/h3-16H,17-19H2,1-2H3,(H,31,32). The molecule has 1 saturated heterocycles. The third-order valence-electron chi connectivity index (χ3n) is 6.11. The van der Waals surface area contributed by atoms with Gasteiger partial charge in [0, 0.05) is 0 Å². The van der Waals surface area contributed by atoms with Crippen molar-refractivity contribution in [2.45, 2.75) is 38.3 Å². The van der Waals surface area contributed by atoms with Gasteiger partial charge in [0.05, 0.1) is 12.2 Å². The third kappa shape index (κ3) is 4.94. The first kappa shape index (κ1) is 24.9. The van der Waals surface area contributed by atoms with E-state index in [1.165, 1.54) is 0 Å². The highest BCUT2D eigenvalue weighted by Gasteiger charge is 2.61. The van der Waals surface area contributed by atoms with E-state index in [2.05, 4.69) is 0 Å². The Morgan fingerprint density at radius 1 is 0.833 bits per heavy atom. The van der Waals surface area contributed by atoms with E-state index < -0.39 is 29.3 Å². The molecule has 4 rings (SSSR count). The number of hydrogen-bond donors (Lipinski definition) is 1. The number of carboxylic acids is 1. The molecule has 1 atom stereocenters. The van der Waals surface area contributed by atoms with E-state index in [9.17, 15) is 19.5 Å². The molecule has 1 unspecified atom stereocenters. The molecule has 1 aliphatic heterocycles. The molecular weight excluding hydrogens is 462 g/mol. The summed E-state index contributed by atoms with van der Waals surface area (Å²) in [6, 6.07) is 24.3. The van der Waals surface area contributed by atoms with Crippen LogP contribution in [-0.4, -0.2) is 40.4 Å². The van der Waals surface area contributed by atoms with Crippen molar-refractivity contribution >= 4 is 18.0 Å². The zero-order chi connectivity index (χ0) is 25.8. The van der Waals surface area contributed by atoms with Gasteiger partial charge in [0.15, 0.2) is 5.54 Å². The summed E-state index contributed by atoms with van der Waals surface area (Å²) in [4.78, 5) is 39.1. The number of rotatable bonds is 7. The fourth-order valence-electron chi connectivity index (χ4n) is 4.21. The van der Waals surface area contributed by atoms with Crippen LogP contribution in [0.1, 0.15) is 40.9 Å². The largest absolute Gasteiger partial charge is 0.479 e. The second-order valence-corrected chi connectivity index (χ2v) is 8.92. The number of hydrogen-bond acceptors (Lipinski definition) is 6. The van der Waals surface area contributed by atoms with Crippen molar-refractivity contribution in [1.29, 1.82) is 0 Å². The molecular formula is C28H27NO7. The van der Waals surface area contributed by atoms with Crippen molar-refractivity contribution in [2.75, 3.05) is 6.61 Å². The average Bonchev–Trinajstić information content (AvgIpc) is 3.19. The molecule has 3 aromatic rings. The van der Waals surface area contributed by atoms with E-state index in [-0.39, 0.29) is 19.8 Å². The molecule has 8 nitrogen and oxygen atoms in total. The average molecular weight is 490 g/mol. The van der Waals surface area contributed by atoms with Crippen LogP contribution in [0.5, 0.6) is 0 Å². The summed E-state index contributed by atoms with van der Waals surface area (Å²) in [6.45, 7) is 3.08. The quantitative estimate of drug-likeness (QED) is 0.479. The van der Waals surface area contributed by atoms with Crippen LogP contribution in [0.15, 0.2) is 84.9 Å². The summed E-state index contributed by atoms with van der Waals surface area (Å²) in [7, 11) is 0. The van der Waals surface area contributed by atoms with Crippen molar-refractivity contribution in [3.05, 3.63) is 107 Å². The van der Waals surface area contributed by atoms with Crippen LogP contribution in [0, 0.1) is 0 Å². The van der Waals surface area contributed by atoms with E-state index in [1.807, 2.05) is 30.3 Å². The predicted octanol–water partition coefficient (Wildman–Crippen LogP) is 4.73. The Morgan fingerprint density at radius 3 is 2.00 bits per heavy atom. The SMILES string of the molecule is CC1(C)OCC(C(=O)O)(c2ccccc2)N1C(=O)OCc1ccc(C(=O)OCc2ccccc2)cc1. The molecule has 0 radical (unpaired) electrons. The molecule has 0 aliphatic carbocycles. The third-order valence-corrected chi connectivity index (χ3v) is 6.11. The molecule has 1 N–H and O–H groups in total. The van der Waals surface area contributed by atoms with Gasteiger partial charge in [-0.3, -0.25) is 4.90 Å². The Kier molecular flexibility index (Phi) is 7.07. The number of amides is 1. The first-order chi connectivity index (χ1) is 17.2. The first-order valence-electron chi connectivity index (χ1n) is 11.4. The van der Waals surface area contributed by atoms with Gasteiger partial charge >= 0.3 is 18.0 Å². The maximum Gasteiger partial charge on any atom is 0.413 e. The second-order valence-electron chi connectivity index (χ2n) is 8.92. The van der Waals surface area contributed by atoms with Gasteiger partial charge in [-0.05, 0) is 42.7 Å². The molecule has 0 saturated carbocycles. The lowest BCUT2D eigenvalue weighted by atomic mass is 9.89. The van der Waals surface area contributed by atoms with Crippen LogP contribution < -0.4 is 0 Å². The zero-order valence-corrected chi connectivity index (χ0v) is 20.0. The number of carbonyl (C=O) groups is 3. The Labute approximate surface area is 209 Å². The molecule has 1 heterocycles. The van der Waals surface area contributed by atoms with Gasteiger partial charge in [-0.1, -0.05) is 72.8 Å². The van der Waals surface area contributed by atoms with Crippen LogP contribution in [0.4, 0.5) is 4.79 Å². The number of carboxylic acid groups (broad SMARTS) is 1. The van der Waals surface area contributed by atoms with Crippen LogP contribution in [-0.2, 0) is 37.8 Å². The smallest absolute Gasteiger partial charge is 0.413 e. The minimum Gasteiger partial charge on any atom is -0.479 e. The van der Waals surface area contributed by atoms with Crippen LogP contribution in [0.25, 0.3) is 0 Å².